The quantitative estimate of drug-likeness (QED) is 0.559. The Labute approximate surface area is 161 Å². The highest BCUT2D eigenvalue weighted by Crippen LogP contribution is 2.25. The number of para-hydroxylation sites is 1. The molecule has 0 spiro atoms. The summed E-state index contributed by atoms with van der Waals surface area (Å²) in [6.45, 7) is 0.243. The van der Waals surface area contributed by atoms with Gasteiger partial charge in [0, 0.05) is 22.7 Å². The average molecular weight is 375 g/mol. The van der Waals surface area contributed by atoms with E-state index in [0.717, 1.165) is 10.9 Å². The number of rotatable bonds is 5. The largest absolute Gasteiger partial charge is 0.480 e. The minimum Gasteiger partial charge on any atom is -0.480 e. The summed E-state index contributed by atoms with van der Waals surface area (Å²) in [5.41, 5.74) is 2.26. The van der Waals surface area contributed by atoms with Gasteiger partial charge in [-0.3, -0.25) is 4.79 Å². The van der Waals surface area contributed by atoms with Crippen LogP contribution in [0.1, 0.15) is 16.1 Å². The van der Waals surface area contributed by atoms with E-state index in [0.29, 0.717) is 22.8 Å². The van der Waals surface area contributed by atoms with Crippen LogP contribution in [-0.2, 0) is 6.54 Å². The van der Waals surface area contributed by atoms with Gasteiger partial charge in [0.25, 0.3) is 5.91 Å². The number of anilines is 1. The van der Waals surface area contributed by atoms with Crippen LogP contribution in [-0.4, -0.2) is 22.6 Å². The van der Waals surface area contributed by atoms with Crippen molar-refractivity contribution < 1.29 is 13.9 Å². The van der Waals surface area contributed by atoms with Gasteiger partial charge in [0.15, 0.2) is 0 Å². The minimum atomic E-state index is -0.321. The Morgan fingerprint density at radius 3 is 2.71 bits per heavy atom. The maximum atomic E-state index is 14.2. The lowest BCUT2D eigenvalue weighted by molar-refractivity contribution is 0.101. The first kappa shape index (κ1) is 17.7. The first-order chi connectivity index (χ1) is 13.7. The van der Waals surface area contributed by atoms with E-state index in [1.807, 2.05) is 28.8 Å². The Bertz CT molecular complexity index is 1150. The number of halogens is 1. The molecule has 0 saturated carbocycles. The lowest BCUT2D eigenvalue weighted by atomic mass is 10.2. The monoisotopic (exact) mass is 375 g/mol. The molecule has 140 valence electrons. The summed E-state index contributed by atoms with van der Waals surface area (Å²) < 4.78 is 21.2. The highest BCUT2D eigenvalue weighted by Gasteiger charge is 2.18. The SMILES string of the molecule is COc1ncccc1NC(=O)c1cc2ccccc2n1Cc1ccccc1F. The van der Waals surface area contributed by atoms with Gasteiger partial charge in [-0.1, -0.05) is 36.4 Å². The van der Waals surface area contributed by atoms with Gasteiger partial charge in [-0.25, -0.2) is 9.37 Å². The van der Waals surface area contributed by atoms with Crippen LogP contribution < -0.4 is 10.1 Å². The second kappa shape index (κ2) is 7.52. The first-order valence-electron chi connectivity index (χ1n) is 8.79. The highest BCUT2D eigenvalue weighted by atomic mass is 19.1. The zero-order valence-corrected chi connectivity index (χ0v) is 15.2. The van der Waals surface area contributed by atoms with Gasteiger partial charge in [0.1, 0.15) is 17.2 Å². The maximum absolute atomic E-state index is 14.2. The van der Waals surface area contributed by atoms with Crippen molar-refractivity contribution in [3.8, 4) is 5.88 Å². The third kappa shape index (κ3) is 3.32. The van der Waals surface area contributed by atoms with Crippen molar-refractivity contribution in [3.05, 3.63) is 90.0 Å². The molecule has 28 heavy (non-hydrogen) atoms. The van der Waals surface area contributed by atoms with Crippen LogP contribution in [0.2, 0.25) is 0 Å². The van der Waals surface area contributed by atoms with Gasteiger partial charge in [0.2, 0.25) is 5.88 Å². The molecule has 2 heterocycles. The molecule has 4 rings (SSSR count). The standard InChI is InChI=1S/C22H18FN3O2/c1-28-22-18(10-6-12-24-22)25-21(27)20-13-15-7-3-5-11-19(15)26(20)14-16-8-2-4-9-17(16)23/h2-13H,14H2,1H3,(H,25,27). The van der Waals surface area contributed by atoms with Gasteiger partial charge in [0.05, 0.1) is 13.7 Å². The molecular formula is C22H18FN3O2. The summed E-state index contributed by atoms with van der Waals surface area (Å²) >= 11 is 0. The number of benzene rings is 2. The summed E-state index contributed by atoms with van der Waals surface area (Å²) in [7, 11) is 1.49. The van der Waals surface area contributed by atoms with Gasteiger partial charge < -0.3 is 14.6 Å². The molecule has 0 fully saturated rings. The lowest BCUT2D eigenvalue weighted by Crippen LogP contribution is -2.18. The lowest BCUT2D eigenvalue weighted by Gasteiger charge is -2.13. The number of carbonyl (C=O) groups excluding carboxylic acids is 1. The topological polar surface area (TPSA) is 56.1 Å². The fraction of sp³-hybridized carbons (Fsp3) is 0.0909. The van der Waals surface area contributed by atoms with E-state index >= 15 is 0 Å². The zero-order valence-electron chi connectivity index (χ0n) is 15.2. The summed E-state index contributed by atoms with van der Waals surface area (Å²) in [6.07, 6.45) is 1.59. The molecule has 6 heteroatoms. The van der Waals surface area contributed by atoms with Gasteiger partial charge >= 0.3 is 0 Å². The van der Waals surface area contributed by atoms with Gasteiger partial charge in [-0.15, -0.1) is 0 Å². The molecular weight excluding hydrogens is 357 g/mol. The number of ether oxygens (including phenoxy) is 1. The Balaban J connectivity index is 1.76. The molecule has 0 aliphatic carbocycles. The Morgan fingerprint density at radius 1 is 1.11 bits per heavy atom. The van der Waals surface area contributed by atoms with E-state index in [1.54, 1.807) is 42.6 Å². The molecule has 0 unspecified atom stereocenters. The van der Waals surface area contributed by atoms with Gasteiger partial charge in [-0.05, 0) is 30.3 Å². The highest BCUT2D eigenvalue weighted by molar-refractivity contribution is 6.07. The number of nitrogens with one attached hydrogen (secondary N) is 1. The first-order valence-corrected chi connectivity index (χ1v) is 8.79. The molecule has 1 N–H and O–H groups in total. The molecule has 0 saturated heterocycles. The van der Waals surface area contributed by atoms with E-state index in [-0.39, 0.29) is 18.3 Å². The number of methoxy groups -OCH3 is 1. The molecule has 0 radical (unpaired) electrons. The number of carbonyl (C=O) groups is 1. The van der Waals surface area contributed by atoms with E-state index < -0.39 is 0 Å². The number of amides is 1. The summed E-state index contributed by atoms with van der Waals surface area (Å²) in [5, 5.41) is 3.74. The van der Waals surface area contributed by atoms with E-state index in [1.165, 1.54) is 13.2 Å². The molecule has 2 aromatic carbocycles. The summed E-state index contributed by atoms with van der Waals surface area (Å²) in [4.78, 5) is 17.1. The number of aromatic nitrogens is 2. The number of fused-ring (bicyclic) bond motifs is 1. The van der Waals surface area contributed by atoms with E-state index in [4.69, 9.17) is 4.74 Å². The van der Waals surface area contributed by atoms with Crippen molar-refractivity contribution in [2.24, 2.45) is 0 Å². The average Bonchev–Trinajstić information content (AvgIpc) is 3.09. The fourth-order valence-corrected chi connectivity index (χ4v) is 3.20. The summed E-state index contributed by atoms with van der Waals surface area (Å²) in [6, 6.07) is 19.4. The van der Waals surface area contributed by atoms with E-state index in [2.05, 4.69) is 10.3 Å². The number of hydrogen-bond acceptors (Lipinski definition) is 3. The maximum Gasteiger partial charge on any atom is 0.272 e. The van der Waals surface area contributed by atoms with Crippen molar-refractivity contribution in [1.82, 2.24) is 9.55 Å². The molecule has 1 amide bonds. The van der Waals surface area contributed by atoms with Crippen molar-refractivity contribution in [3.63, 3.8) is 0 Å². The third-order valence-corrected chi connectivity index (χ3v) is 4.54. The van der Waals surface area contributed by atoms with Gasteiger partial charge in [-0.2, -0.15) is 0 Å². The van der Waals surface area contributed by atoms with Crippen molar-refractivity contribution in [1.29, 1.82) is 0 Å². The summed E-state index contributed by atoms with van der Waals surface area (Å²) in [5.74, 6) is -0.299. The molecule has 2 aromatic heterocycles. The molecule has 0 atom stereocenters. The zero-order chi connectivity index (χ0) is 19.5. The molecule has 0 aliphatic rings. The molecule has 0 aliphatic heterocycles. The van der Waals surface area contributed by atoms with E-state index in [9.17, 15) is 9.18 Å². The van der Waals surface area contributed by atoms with Crippen molar-refractivity contribution in [2.45, 2.75) is 6.54 Å². The van der Waals surface area contributed by atoms with Crippen LogP contribution in [0.3, 0.4) is 0 Å². The van der Waals surface area contributed by atoms with Crippen molar-refractivity contribution >= 4 is 22.5 Å². The molecule has 4 aromatic rings. The molecule has 0 bridgehead atoms. The van der Waals surface area contributed by atoms with Crippen LogP contribution >= 0.6 is 0 Å². The van der Waals surface area contributed by atoms with Crippen LogP contribution in [0.25, 0.3) is 10.9 Å². The third-order valence-electron chi connectivity index (χ3n) is 4.54. The Hall–Kier alpha value is -3.67. The normalized spacial score (nSPS) is 10.8. The second-order valence-corrected chi connectivity index (χ2v) is 6.28. The Morgan fingerprint density at radius 2 is 1.89 bits per heavy atom. The fourth-order valence-electron chi connectivity index (χ4n) is 3.20. The number of hydrogen-bond donors (Lipinski definition) is 1. The Kier molecular flexibility index (Phi) is 4.76. The van der Waals surface area contributed by atoms with Crippen LogP contribution in [0.15, 0.2) is 72.9 Å². The van der Waals surface area contributed by atoms with Crippen LogP contribution in [0.5, 0.6) is 5.88 Å². The number of nitrogens with zero attached hydrogens (tertiary/aromatic N) is 2. The van der Waals surface area contributed by atoms with Crippen molar-refractivity contribution in [2.75, 3.05) is 12.4 Å². The number of pyridine rings is 1. The molecule has 5 nitrogen and oxygen atoms in total. The van der Waals surface area contributed by atoms with Crippen LogP contribution in [0.4, 0.5) is 10.1 Å². The second-order valence-electron chi connectivity index (χ2n) is 6.28. The predicted molar refractivity (Wildman–Crippen MR) is 106 cm³/mol. The smallest absolute Gasteiger partial charge is 0.272 e. The predicted octanol–water partition coefficient (Wildman–Crippen LogP) is 4.48. The van der Waals surface area contributed by atoms with Crippen LogP contribution in [0, 0.1) is 5.82 Å². The minimum absolute atomic E-state index is 0.243.